The number of rotatable bonds is 0. The Hall–Kier alpha value is 0.350. The van der Waals surface area contributed by atoms with Crippen molar-refractivity contribution in [3.8, 4) is 0 Å². The van der Waals surface area contributed by atoms with E-state index in [4.69, 9.17) is 9.42 Å². The van der Waals surface area contributed by atoms with Gasteiger partial charge in [-0.2, -0.15) is 0 Å². The fourth-order valence-electron chi connectivity index (χ4n) is 0.584. The zero-order valence-electron chi connectivity index (χ0n) is 4.13. The second kappa shape index (κ2) is 2.61. The minimum Gasteiger partial charge on any atom is -0.350 e. The van der Waals surface area contributed by atoms with Gasteiger partial charge in [-0.1, -0.05) is 0 Å². The Morgan fingerprint density at radius 1 is 1.43 bits per heavy atom. The molecule has 0 radical (unpaired) electrons. The summed E-state index contributed by atoms with van der Waals surface area (Å²) in [7, 11) is -0.992. The summed E-state index contributed by atoms with van der Waals surface area (Å²) in [6.45, 7) is 0.766. The third kappa shape index (κ3) is 1.72. The van der Waals surface area contributed by atoms with Gasteiger partial charge in [0, 0.05) is 6.16 Å². The van der Waals surface area contributed by atoms with Gasteiger partial charge in [-0.3, -0.25) is 0 Å². The van der Waals surface area contributed by atoms with Crippen molar-refractivity contribution in [3.05, 3.63) is 0 Å². The van der Waals surface area contributed by atoms with Crippen LogP contribution in [-0.2, 0) is 4.52 Å². The van der Waals surface area contributed by atoms with E-state index in [-0.39, 0.29) is 0 Å². The highest BCUT2D eigenvalue weighted by Crippen LogP contribution is 2.35. The van der Waals surface area contributed by atoms with Gasteiger partial charge >= 0.3 is 0 Å². The molecule has 3 heteroatoms. The van der Waals surface area contributed by atoms with Crippen LogP contribution in [0.3, 0.4) is 0 Å². The molecule has 0 spiro atoms. The molecule has 0 bridgehead atoms. The molecular formula is C4H9O2P. The predicted octanol–water partition coefficient (Wildman–Crippen LogP) is 1.10. The van der Waals surface area contributed by atoms with E-state index in [1.54, 1.807) is 0 Å². The molecule has 1 heterocycles. The average Bonchev–Trinajstić information content (AvgIpc) is 1.69. The Morgan fingerprint density at radius 2 is 2.29 bits per heavy atom. The molecule has 0 saturated carbocycles. The third-order valence-electron chi connectivity index (χ3n) is 0.984. The van der Waals surface area contributed by atoms with E-state index in [0.29, 0.717) is 0 Å². The van der Waals surface area contributed by atoms with Crippen LogP contribution in [0.2, 0.25) is 0 Å². The molecule has 1 fully saturated rings. The molecule has 0 aliphatic carbocycles. The molecule has 1 atom stereocenters. The lowest BCUT2D eigenvalue weighted by Gasteiger charge is -2.14. The first-order chi connectivity index (χ1) is 3.39. The standard InChI is InChI=1S/C4H9O2P/c5-7-4-2-1-3-6-7/h5H,1-4H2. The molecule has 1 saturated heterocycles. The molecule has 0 amide bonds. The van der Waals surface area contributed by atoms with Crippen LogP contribution in [0.15, 0.2) is 0 Å². The molecule has 1 aliphatic heterocycles. The summed E-state index contributed by atoms with van der Waals surface area (Å²) >= 11 is 0. The minimum absolute atomic E-state index is 0.766. The fourth-order valence-corrected chi connectivity index (χ4v) is 1.55. The van der Waals surface area contributed by atoms with Crippen LogP contribution in [0.5, 0.6) is 0 Å². The van der Waals surface area contributed by atoms with Crippen LogP contribution in [0.25, 0.3) is 0 Å². The van der Waals surface area contributed by atoms with Crippen LogP contribution >= 0.6 is 8.38 Å². The largest absolute Gasteiger partial charge is 0.350 e. The van der Waals surface area contributed by atoms with E-state index in [1.807, 2.05) is 0 Å². The van der Waals surface area contributed by atoms with Crippen molar-refractivity contribution in [2.75, 3.05) is 12.8 Å². The van der Waals surface area contributed by atoms with Gasteiger partial charge in [-0.05, 0) is 12.8 Å². The third-order valence-corrected chi connectivity index (χ3v) is 2.16. The van der Waals surface area contributed by atoms with E-state index in [2.05, 4.69) is 0 Å². The molecule has 0 aromatic carbocycles. The maximum Gasteiger partial charge on any atom is 0.167 e. The van der Waals surface area contributed by atoms with Crippen LogP contribution < -0.4 is 0 Å². The Labute approximate surface area is 44.4 Å². The first kappa shape index (κ1) is 5.49. The molecule has 1 unspecified atom stereocenters. The summed E-state index contributed by atoms with van der Waals surface area (Å²) in [6.07, 6.45) is 3.15. The molecule has 1 N–H and O–H groups in total. The molecule has 1 rings (SSSR count). The highest BCUT2D eigenvalue weighted by atomic mass is 31.2. The van der Waals surface area contributed by atoms with Gasteiger partial charge < -0.3 is 9.42 Å². The quantitative estimate of drug-likeness (QED) is 0.485. The van der Waals surface area contributed by atoms with E-state index in [1.165, 1.54) is 0 Å². The second-order valence-corrected chi connectivity index (χ2v) is 3.03. The van der Waals surface area contributed by atoms with Gasteiger partial charge in [0.1, 0.15) is 0 Å². The highest BCUT2D eigenvalue weighted by molar-refractivity contribution is 7.46. The van der Waals surface area contributed by atoms with Gasteiger partial charge in [0.05, 0.1) is 6.61 Å². The molecule has 2 nitrogen and oxygen atoms in total. The lowest BCUT2D eigenvalue weighted by atomic mass is 10.4. The molecule has 42 valence electrons. The number of hydrogen-bond acceptors (Lipinski definition) is 2. The Bertz CT molecular complexity index is 51.7. The van der Waals surface area contributed by atoms with E-state index in [9.17, 15) is 0 Å². The smallest absolute Gasteiger partial charge is 0.167 e. The zero-order chi connectivity index (χ0) is 5.11. The second-order valence-electron chi connectivity index (χ2n) is 1.62. The molecule has 0 aromatic rings. The topological polar surface area (TPSA) is 29.5 Å². The highest BCUT2D eigenvalue weighted by Gasteiger charge is 2.08. The molecule has 1 aliphatic rings. The van der Waals surface area contributed by atoms with E-state index < -0.39 is 8.38 Å². The van der Waals surface area contributed by atoms with Crippen LogP contribution in [-0.4, -0.2) is 17.7 Å². The van der Waals surface area contributed by atoms with Crippen molar-refractivity contribution in [2.24, 2.45) is 0 Å². The molecule has 0 aromatic heterocycles. The summed E-state index contributed by atoms with van der Waals surface area (Å²) in [6, 6.07) is 0. The van der Waals surface area contributed by atoms with Gasteiger partial charge in [-0.25, -0.2) is 0 Å². The first-order valence-electron chi connectivity index (χ1n) is 2.49. The van der Waals surface area contributed by atoms with Crippen molar-refractivity contribution in [2.45, 2.75) is 12.8 Å². The average molecular weight is 120 g/mol. The lowest BCUT2D eigenvalue weighted by molar-refractivity contribution is 0.283. The van der Waals surface area contributed by atoms with Crippen LogP contribution in [0, 0.1) is 0 Å². The predicted molar refractivity (Wildman–Crippen MR) is 29.2 cm³/mol. The van der Waals surface area contributed by atoms with Gasteiger partial charge in [0.15, 0.2) is 8.38 Å². The summed E-state index contributed by atoms with van der Waals surface area (Å²) in [5.74, 6) is 0. The van der Waals surface area contributed by atoms with Crippen LogP contribution in [0.1, 0.15) is 12.8 Å². The van der Waals surface area contributed by atoms with Crippen molar-refractivity contribution in [3.63, 3.8) is 0 Å². The van der Waals surface area contributed by atoms with Crippen molar-refractivity contribution >= 4 is 8.38 Å². The summed E-state index contributed by atoms with van der Waals surface area (Å²) in [5.41, 5.74) is 0. The lowest BCUT2D eigenvalue weighted by Crippen LogP contribution is -2.00. The summed E-state index contributed by atoms with van der Waals surface area (Å²) < 4.78 is 4.90. The van der Waals surface area contributed by atoms with Gasteiger partial charge in [0.25, 0.3) is 0 Å². The van der Waals surface area contributed by atoms with Crippen LogP contribution in [0.4, 0.5) is 0 Å². The first-order valence-corrected chi connectivity index (χ1v) is 3.89. The van der Waals surface area contributed by atoms with Crippen molar-refractivity contribution < 1.29 is 9.42 Å². The SMILES string of the molecule is OP1CCCCO1. The van der Waals surface area contributed by atoms with Gasteiger partial charge in [0.2, 0.25) is 0 Å². The summed E-state index contributed by atoms with van der Waals surface area (Å²) in [5, 5.41) is 0. The molecule has 7 heavy (non-hydrogen) atoms. The maximum atomic E-state index is 8.75. The Morgan fingerprint density at radius 3 is 2.57 bits per heavy atom. The Kier molecular flexibility index (Phi) is 2.04. The van der Waals surface area contributed by atoms with E-state index >= 15 is 0 Å². The fraction of sp³-hybridized carbons (Fsp3) is 1.00. The number of hydrogen-bond donors (Lipinski definition) is 1. The maximum absolute atomic E-state index is 8.75. The van der Waals surface area contributed by atoms with E-state index in [0.717, 1.165) is 25.6 Å². The van der Waals surface area contributed by atoms with Crippen molar-refractivity contribution in [1.82, 2.24) is 0 Å². The minimum atomic E-state index is -0.992. The monoisotopic (exact) mass is 120 g/mol. The zero-order valence-corrected chi connectivity index (χ0v) is 5.03. The summed E-state index contributed by atoms with van der Waals surface area (Å²) in [4.78, 5) is 8.75. The van der Waals surface area contributed by atoms with Crippen molar-refractivity contribution in [1.29, 1.82) is 0 Å². The van der Waals surface area contributed by atoms with Gasteiger partial charge in [-0.15, -0.1) is 0 Å². The Balaban J connectivity index is 2.12. The molecular weight excluding hydrogens is 111 g/mol. The normalized spacial score (nSPS) is 33.0.